The molecule has 0 bridgehead atoms. The number of thioether (sulfide) groups is 3. The summed E-state index contributed by atoms with van der Waals surface area (Å²) >= 11 is 6.48. The van der Waals surface area contributed by atoms with Gasteiger partial charge in [0.15, 0.2) is 0 Å². The highest BCUT2D eigenvalue weighted by atomic mass is 32.2. The second-order valence-corrected chi connectivity index (χ2v) is 9.46. The Morgan fingerprint density at radius 1 is 1.12 bits per heavy atom. The molecular formula is C13H24S3. The maximum Gasteiger partial charge on any atom is 0.0229 e. The van der Waals surface area contributed by atoms with Crippen LogP contribution in [0, 0.1) is 5.92 Å². The second kappa shape index (κ2) is 6.84. The van der Waals surface area contributed by atoms with E-state index in [-0.39, 0.29) is 0 Å². The highest BCUT2D eigenvalue weighted by Crippen LogP contribution is 2.37. The molecule has 0 saturated carbocycles. The van der Waals surface area contributed by atoms with E-state index in [9.17, 15) is 0 Å². The van der Waals surface area contributed by atoms with E-state index < -0.39 is 0 Å². The highest BCUT2D eigenvalue weighted by molar-refractivity contribution is 8.08. The average Bonchev–Trinajstić information content (AvgIpc) is 3.09. The van der Waals surface area contributed by atoms with Gasteiger partial charge in [-0.15, -0.1) is 0 Å². The van der Waals surface area contributed by atoms with E-state index in [4.69, 9.17) is 0 Å². The predicted octanol–water partition coefficient (Wildman–Crippen LogP) is 4.54. The normalized spacial score (nSPS) is 31.1. The van der Waals surface area contributed by atoms with Crippen molar-refractivity contribution in [2.24, 2.45) is 5.92 Å². The molecule has 0 aromatic carbocycles. The van der Waals surface area contributed by atoms with Gasteiger partial charge in [-0.2, -0.15) is 35.3 Å². The molecule has 2 rings (SSSR count). The van der Waals surface area contributed by atoms with Gasteiger partial charge in [0.25, 0.3) is 0 Å². The van der Waals surface area contributed by atoms with Crippen molar-refractivity contribution in [3.05, 3.63) is 0 Å². The van der Waals surface area contributed by atoms with Crippen LogP contribution in [0.4, 0.5) is 0 Å². The molecule has 0 aliphatic carbocycles. The molecule has 94 valence electrons. The van der Waals surface area contributed by atoms with Gasteiger partial charge in [-0.05, 0) is 18.8 Å². The molecule has 0 N–H and O–H groups in total. The SMILES string of the molecule is CC(CCCC(C)SCC1CS1)CC1CS1. The molecule has 2 saturated heterocycles. The van der Waals surface area contributed by atoms with Crippen molar-refractivity contribution in [2.75, 3.05) is 17.3 Å². The Kier molecular flexibility index (Phi) is 5.77. The Bertz CT molecular complexity index is 199. The molecule has 4 unspecified atom stereocenters. The van der Waals surface area contributed by atoms with Gasteiger partial charge < -0.3 is 0 Å². The molecule has 0 amide bonds. The number of hydrogen-bond donors (Lipinski definition) is 0. The van der Waals surface area contributed by atoms with Gasteiger partial charge in [0, 0.05) is 33.0 Å². The van der Waals surface area contributed by atoms with Crippen LogP contribution < -0.4 is 0 Å². The molecular weight excluding hydrogens is 252 g/mol. The van der Waals surface area contributed by atoms with Crippen LogP contribution in [-0.2, 0) is 0 Å². The predicted molar refractivity (Wildman–Crippen MR) is 82.0 cm³/mol. The Labute approximate surface area is 113 Å². The first kappa shape index (κ1) is 13.5. The number of hydrogen-bond acceptors (Lipinski definition) is 3. The van der Waals surface area contributed by atoms with E-state index in [2.05, 4.69) is 49.1 Å². The molecule has 2 aliphatic rings. The van der Waals surface area contributed by atoms with Gasteiger partial charge in [0.1, 0.15) is 0 Å². The van der Waals surface area contributed by atoms with Gasteiger partial charge in [0.2, 0.25) is 0 Å². The molecule has 3 heteroatoms. The first-order valence-electron chi connectivity index (χ1n) is 6.59. The lowest BCUT2D eigenvalue weighted by atomic mass is 9.99. The summed E-state index contributed by atoms with van der Waals surface area (Å²) in [5.74, 6) is 5.24. The van der Waals surface area contributed by atoms with Crippen LogP contribution >= 0.6 is 35.3 Å². The zero-order valence-corrected chi connectivity index (χ0v) is 12.9. The number of rotatable bonds is 9. The lowest BCUT2D eigenvalue weighted by Gasteiger charge is -2.13. The minimum absolute atomic E-state index is 0.892. The minimum Gasteiger partial charge on any atom is -0.158 e. The maximum atomic E-state index is 2.44. The van der Waals surface area contributed by atoms with E-state index in [1.165, 1.54) is 42.9 Å². The molecule has 0 radical (unpaired) electrons. The molecule has 2 aliphatic heterocycles. The lowest BCUT2D eigenvalue weighted by molar-refractivity contribution is 0.474. The van der Waals surface area contributed by atoms with Crippen LogP contribution in [-0.4, -0.2) is 33.0 Å². The fourth-order valence-corrected chi connectivity index (χ4v) is 4.80. The summed E-state index contributed by atoms with van der Waals surface area (Å²) in [6.07, 6.45) is 5.82. The molecule has 0 aromatic heterocycles. The zero-order chi connectivity index (χ0) is 11.4. The summed E-state index contributed by atoms with van der Waals surface area (Å²) in [5, 5.41) is 2.94. The van der Waals surface area contributed by atoms with Gasteiger partial charge in [0.05, 0.1) is 0 Å². The van der Waals surface area contributed by atoms with Crippen molar-refractivity contribution in [1.29, 1.82) is 0 Å². The average molecular weight is 277 g/mol. The first-order valence-corrected chi connectivity index (χ1v) is 9.73. The van der Waals surface area contributed by atoms with Crippen LogP contribution in [0.15, 0.2) is 0 Å². The molecule has 0 aromatic rings. The third-order valence-corrected chi connectivity index (χ3v) is 6.92. The summed E-state index contributed by atoms with van der Waals surface area (Å²) in [7, 11) is 0. The first-order chi connectivity index (χ1) is 7.74. The molecule has 2 heterocycles. The van der Waals surface area contributed by atoms with E-state index in [1.54, 1.807) is 0 Å². The van der Waals surface area contributed by atoms with E-state index >= 15 is 0 Å². The summed E-state index contributed by atoms with van der Waals surface area (Å²) < 4.78 is 0. The van der Waals surface area contributed by atoms with Crippen LogP contribution in [0.2, 0.25) is 0 Å². The Morgan fingerprint density at radius 2 is 1.81 bits per heavy atom. The molecule has 0 nitrogen and oxygen atoms in total. The van der Waals surface area contributed by atoms with Crippen molar-refractivity contribution in [2.45, 2.75) is 55.3 Å². The fraction of sp³-hybridized carbons (Fsp3) is 1.00. The Hall–Kier alpha value is 1.05. The van der Waals surface area contributed by atoms with Gasteiger partial charge in [-0.25, -0.2) is 0 Å². The highest BCUT2D eigenvalue weighted by Gasteiger charge is 2.24. The molecule has 2 fully saturated rings. The Balaban J connectivity index is 1.42. The van der Waals surface area contributed by atoms with E-state index in [0.29, 0.717) is 0 Å². The zero-order valence-electron chi connectivity index (χ0n) is 10.5. The van der Waals surface area contributed by atoms with Gasteiger partial charge >= 0.3 is 0 Å². The van der Waals surface area contributed by atoms with Gasteiger partial charge in [-0.3, -0.25) is 0 Å². The van der Waals surface area contributed by atoms with E-state index in [0.717, 1.165) is 21.7 Å². The smallest absolute Gasteiger partial charge is 0.0229 e. The second-order valence-electron chi connectivity index (χ2n) is 5.33. The third kappa shape index (κ3) is 6.11. The Morgan fingerprint density at radius 3 is 2.44 bits per heavy atom. The summed E-state index contributed by atoms with van der Waals surface area (Å²) in [6.45, 7) is 4.86. The van der Waals surface area contributed by atoms with Crippen LogP contribution in [0.3, 0.4) is 0 Å². The summed E-state index contributed by atoms with van der Waals surface area (Å²) in [4.78, 5) is 0. The lowest BCUT2D eigenvalue weighted by Crippen LogP contribution is -2.03. The summed E-state index contributed by atoms with van der Waals surface area (Å²) in [6, 6.07) is 0. The molecule has 16 heavy (non-hydrogen) atoms. The molecule has 4 atom stereocenters. The quantitative estimate of drug-likeness (QED) is 0.568. The van der Waals surface area contributed by atoms with Crippen molar-refractivity contribution in [3.8, 4) is 0 Å². The maximum absolute atomic E-state index is 2.44. The van der Waals surface area contributed by atoms with E-state index in [1.807, 2.05) is 0 Å². The monoisotopic (exact) mass is 276 g/mol. The minimum atomic E-state index is 0.892. The standard InChI is InChI=1S/C13H24S3/c1-10(6-12-7-15-12)4-3-5-11(2)14-8-13-9-16-13/h10-13H,3-9H2,1-2H3. The fourth-order valence-electron chi connectivity index (χ4n) is 2.04. The van der Waals surface area contributed by atoms with Gasteiger partial charge in [-0.1, -0.05) is 26.7 Å². The van der Waals surface area contributed by atoms with Crippen LogP contribution in [0.25, 0.3) is 0 Å². The third-order valence-electron chi connectivity index (χ3n) is 3.34. The van der Waals surface area contributed by atoms with Crippen LogP contribution in [0.5, 0.6) is 0 Å². The van der Waals surface area contributed by atoms with Crippen molar-refractivity contribution < 1.29 is 0 Å². The summed E-state index contributed by atoms with van der Waals surface area (Å²) in [5.41, 5.74) is 0. The van der Waals surface area contributed by atoms with Crippen molar-refractivity contribution in [1.82, 2.24) is 0 Å². The van der Waals surface area contributed by atoms with Crippen molar-refractivity contribution >= 4 is 35.3 Å². The largest absolute Gasteiger partial charge is 0.158 e. The van der Waals surface area contributed by atoms with Crippen molar-refractivity contribution in [3.63, 3.8) is 0 Å². The topological polar surface area (TPSA) is 0 Å². The van der Waals surface area contributed by atoms with Crippen LogP contribution in [0.1, 0.15) is 39.5 Å². The molecule has 0 spiro atoms.